The van der Waals surface area contributed by atoms with E-state index >= 15 is 0 Å². The van der Waals surface area contributed by atoms with Gasteiger partial charge in [0.25, 0.3) is 0 Å². The first kappa shape index (κ1) is 33.8. The van der Waals surface area contributed by atoms with Crippen LogP contribution in [0.3, 0.4) is 0 Å². The van der Waals surface area contributed by atoms with Gasteiger partial charge in [0, 0.05) is 53.9 Å². The molecule has 0 aliphatic heterocycles. The molecule has 0 unspecified atom stereocenters. The minimum atomic E-state index is 0.258. The van der Waals surface area contributed by atoms with E-state index in [-0.39, 0.29) is 5.75 Å². The van der Waals surface area contributed by atoms with E-state index in [1.54, 1.807) is 6.07 Å². The Morgan fingerprint density at radius 2 is 1.09 bits per heavy atom. The van der Waals surface area contributed by atoms with Gasteiger partial charge in [-0.3, -0.25) is 0 Å². The SMILES string of the molecule is Oc1ccccc1-c1ccc(N(c2ccc(-c3ccccc3)cc2)c2cc(-c3cccc4oc(-c5ccccc5)nc34)c3c(c2)sc2ccc4ccccc4c23)cc1. The van der Waals surface area contributed by atoms with Crippen molar-refractivity contribution in [1.29, 1.82) is 0 Å². The lowest BCUT2D eigenvalue weighted by Crippen LogP contribution is -2.10. The van der Waals surface area contributed by atoms with E-state index in [0.717, 1.165) is 61.5 Å². The van der Waals surface area contributed by atoms with E-state index in [4.69, 9.17) is 9.40 Å². The van der Waals surface area contributed by atoms with Crippen molar-refractivity contribution in [2.45, 2.75) is 0 Å². The van der Waals surface area contributed by atoms with Gasteiger partial charge in [-0.1, -0.05) is 133 Å². The fourth-order valence-electron chi connectivity index (χ4n) is 8.25. The molecule has 5 heteroatoms. The molecule has 9 aromatic carbocycles. The van der Waals surface area contributed by atoms with Crippen molar-refractivity contribution in [2.75, 3.05) is 4.90 Å². The van der Waals surface area contributed by atoms with Crippen LogP contribution in [0, 0.1) is 0 Å². The van der Waals surface area contributed by atoms with E-state index < -0.39 is 0 Å². The Morgan fingerprint density at radius 1 is 0.448 bits per heavy atom. The summed E-state index contributed by atoms with van der Waals surface area (Å²) in [7, 11) is 0. The number of para-hydroxylation sites is 2. The van der Waals surface area contributed by atoms with Crippen molar-refractivity contribution < 1.29 is 9.52 Å². The minimum absolute atomic E-state index is 0.258. The van der Waals surface area contributed by atoms with Crippen LogP contribution in [0.15, 0.2) is 205 Å². The van der Waals surface area contributed by atoms with Gasteiger partial charge in [0.15, 0.2) is 5.58 Å². The highest BCUT2D eigenvalue weighted by Crippen LogP contribution is 2.49. The third-order valence-corrected chi connectivity index (χ3v) is 12.1. The van der Waals surface area contributed by atoms with Gasteiger partial charge in [0.05, 0.1) is 0 Å². The summed E-state index contributed by atoms with van der Waals surface area (Å²) < 4.78 is 8.86. The lowest BCUT2D eigenvalue weighted by Gasteiger charge is -2.27. The lowest BCUT2D eigenvalue weighted by molar-refractivity contribution is 0.477. The van der Waals surface area contributed by atoms with Gasteiger partial charge in [0.2, 0.25) is 5.89 Å². The maximum absolute atomic E-state index is 10.7. The van der Waals surface area contributed by atoms with Crippen LogP contribution >= 0.6 is 11.3 Å². The van der Waals surface area contributed by atoms with Gasteiger partial charge < -0.3 is 14.4 Å². The summed E-state index contributed by atoms with van der Waals surface area (Å²) in [6, 6.07) is 69.3. The molecule has 11 aromatic rings. The molecule has 2 aromatic heterocycles. The van der Waals surface area contributed by atoms with Crippen molar-refractivity contribution in [3.05, 3.63) is 200 Å². The molecule has 0 bridgehead atoms. The molecule has 58 heavy (non-hydrogen) atoms. The number of phenols is 1. The number of phenolic OH excluding ortho intramolecular Hbond substituents is 1. The topological polar surface area (TPSA) is 49.5 Å². The smallest absolute Gasteiger partial charge is 0.227 e. The second-order valence-electron chi connectivity index (χ2n) is 14.5. The number of fused-ring (bicyclic) bond motifs is 6. The molecule has 0 fully saturated rings. The predicted octanol–water partition coefficient (Wildman–Crippen LogP) is 15.2. The zero-order valence-electron chi connectivity index (χ0n) is 31.2. The normalized spacial score (nSPS) is 11.5. The molecule has 4 nitrogen and oxygen atoms in total. The van der Waals surface area contributed by atoms with Crippen LogP contribution in [0.1, 0.15) is 0 Å². The van der Waals surface area contributed by atoms with Gasteiger partial charge >= 0.3 is 0 Å². The molecule has 2 heterocycles. The van der Waals surface area contributed by atoms with E-state index in [0.29, 0.717) is 5.89 Å². The number of rotatable bonds is 7. The summed E-state index contributed by atoms with van der Waals surface area (Å²) >= 11 is 1.82. The zero-order chi connectivity index (χ0) is 38.6. The number of aromatic nitrogens is 1. The van der Waals surface area contributed by atoms with Gasteiger partial charge in [0.1, 0.15) is 11.3 Å². The zero-order valence-corrected chi connectivity index (χ0v) is 32.0. The van der Waals surface area contributed by atoms with Gasteiger partial charge in [-0.25, -0.2) is 4.98 Å². The minimum Gasteiger partial charge on any atom is -0.507 e. The van der Waals surface area contributed by atoms with Crippen LogP contribution in [0.2, 0.25) is 0 Å². The van der Waals surface area contributed by atoms with Gasteiger partial charge in [-0.2, -0.15) is 0 Å². The Morgan fingerprint density at radius 3 is 1.84 bits per heavy atom. The van der Waals surface area contributed by atoms with Crippen molar-refractivity contribution in [3.8, 4) is 50.6 Å². The summed E-state index contributed by atoms with van der Waals surface area (Å²) in [6.07, 6.45) is 0. The van der Waals surface area contributed by atoms with Crippen molar-refractivity contribution in [2.24, 2.45) is 0 Å². The van der Waals surface area contributed by atoms with Crippen LogP contribution < -0.4 is 4.90 Å². The fraction of sp³-hybridized carbons (Fsp3) is 0. The van der Waals surface area contributed by atoms with E-state index in [1.165, 1.54) is 36.5 Å². The van der Waals surface area contributed by atoms with Crippen LogP contribution in [0.4, 0.5) is 17.1 Å². The number of hydrogen-bond donors (Lipinski definition) is 1. The molecular formula is C53H34N2O2S. The molecular weight excluding hydrogens is 729 g/mol. The Kier molecular flexibility index (Phi) is 8.12. The Labute approximate surface area is 339 Å². The average Bonchev–Trinajstić information content (AvgIpc) is 3.90. The van der Waals surface area contributed by atoms with E-state index in [1.807, 2.05) is 72.0 Å². The summed E-state index contributed by atoms with van der Waals surface area (Å²) in [4.78, 5) is 7.50. The highest BCUT2D eigenvalue weighted by Gasteiger charge is 2.22. The second-order valence-corrected chi connectivity index (χ2v) is 15.6. The van der Waals surface area contributed by atoms with Gasteiger partial charge in [-0.15, -0.1) is 11.3 Å². The van der Waals surface area contributed by atoms with Crippen LogP contribution in [0.5, 0.6) is 5.75 Å². The van der Waals surface area contributed by atoms with E-state index in [9.17, 15) is 5.11 Å². The Hall–Kier alpha value is -7.47. The summed E-state index contributed by atoms with van der Waals surface area (Å²) in [6.45, 7) is 0. The first-order chi connectivity index (χ1) is 28.7. The van der Waals surface area contributed by atoms with Crippen LogP contribution in [0.25, 0.3) is 86.9 Å². The Bertz CT molecular complexity index is 3280. The van der Waals surface area contributed by atoms with Crippen LogP contribution in [-0.2, 0) is 0 Å². The number of aromatic hydroxyl groups is 1. The highest BCUT2D eigenvalue weighted by molar-refractivity contribution is 7.26. The molecule has 0 spiro atoms. The number of anilines is 3. The summed E-state index contributed by atoms with van der Waals surface area (Å²) in [5.74, 6) is 0.856. The average molecular weight is 763 g/mol. The highest BCUT2D eigenvalue weighted by atomic mass is 32.1. The third kappa shape index (κ3) is 5.80. The summed E-state index contributed by atoms with van der Waals surface area (Å²) in [5, 5.41) is 15.6. The molecule has 0 saturated heterocycles. The molecule has 0 atom stereocenters. The molecule has 0 saturated carbocycles. The van der Waals surface area contributed by atoms with Crippen molar-refractivity contribution in [3.63, 3.8) is 0 Å². The fourth-order valence-corrected chi connectivity index (χ4v) is 9.43. The molecule has 0 amide bonds. The monoisotopic (exact) mass is 762 g/mol. The number of nitrogens with zero attached hydrogens (tertiary/aromatic N) is 2. The van der Waals surface area contributed by atoms with E-state index in [2.05, 4.69) is 138 Å². The quantitative estimate of drug-likeness (QED) is 0.176. The van der Waals surface area contributed by atoms with Crippen molar-refractivity contribution in [1.82, 2.24) is 4.98 Å². The molecule has 0 aliphatic carbocycles. The maximum atomic E-state index is 10.7. The largest absolute Gasteiger partial charge is 0.507 e. The molecule has 0 radical (unpaired) electrons. The Balaban J connectivity index is 1.17. The first-order valence-corrected chi connectivity index (χ1v) is 20.2. The lowest BCUT2D eigenvalue weighted by atomic mass is 9.95. The first-order valence-electron chi connectivity index (χ1n) is 19.3. The standard InChI is InChI=1S/C53H34N2O2S/c56-46-20-10-9-17-42(46)37-24-29-40(30-25-37)55(39-27-22-35(23-28-39)34-12-3-1-4-13-34)41-32-45(44-19-11-21-47-52(44)54-53(57-47)38-15-5-2-6-16-38)51-49(33-41)58-48-31-26-36-14-7-8-18-43(36)50(48)51/h1-33,56H. The molecule has 1 N–H and O–H groups in total. The molecule has 0 aliphatic rings. The number of benzene rings is 9. The number of thiophene rings is 1. The maximum Gasteiger partial charge on any atom is 0.227 e. The van der Waals surface area contributed by atoms with Crippen LogP contribution in [-0.4, -0.2) is 10.1 Å². The van der Waals surface area contributed by atoms with Gasteiger partial charge in [-0.05, 0) is 99.8 Å². The summed E-state index contributed by atoms with van der Waals surface area (Å²) in [5.41, 5.74) is 11.7. The second kappa shape index (κ2) is 13.9. The van der Waals surface area contributed by atoms with Crippen molar-refractivity contribution >= 4 is 70.4 Å². The number of oxazole rings is 1. The molecule has 274 valence electrons. The molecule has 11 rings (SSSR count). The third-order valence-electron chi connectivity index (χ3n) is 11.0. The predicted molar refractivity (Wildman–Crippen MR) is 242 cm³/mol. The number of hydrogen-bond acceptors (Lipinski definition) is 5.